The topological polar surface area (TPSA) is 166 Å². The third-order valence-electron chi connectivity index (χ3n) is 11.1. The molecule has 0 bridgehead atoms. The Bertz CT molecular complexity index is 3700. The van der Waals surface area contributed by atoms with Gasteiger partial charge in [0.1, 0.15) is 11.5 Å². The molecule has 298 valence electrons. The van der Waals surface area contributed by atoms with Crippen LogP contribution in [0.5, 0.6) is 11.5 Å². The molecular weight excluding hydrogens is 777 g/mol. The lowest BCUT2D eigenvalue weighted by molar-refractivity contribution is 0.482. The fourth-order valence-electron chi connectivity index (χ4n) is 7.61. The van der Waals surface area contributed by atoms with Crippen molar-refractivity contribution in [3.05, 3.63) is 215 Å². The summed E-state index contributed by atoms with van der Waals surface area (Å²) < 4.78 is 9.86. The minimum atomic E-state index is -0.537. The van der Waals surface area contributed by atoms with Gasteiger partial charge in [0.2, 0.25) is 0 Å². The molecule has 0 radical (unpaired) electrons. The molecule has 0 fully saturated rings. The van der Waals surface area contributed by atoms with Crippen LogP contribution in [0.4, 0.5) is 0 Å². The Kier molecular flexibility index (Phi) is 8.90. The van der Waals surface area contributed by atoms with Crippen molar-refractivity contribution >= 4 is 43.1 Å². The number of benzene rings is 6. The highest BCUT2D eigenvalue weighted by Gasteiger charge is 2.21. The molecule has 61 heavy (non-hydrogen) atoms. The monoisotopic (exact) mass is 808 g/mol. The fraction of sp³-hybridized carbons (Fsp3) is 0.0833. The molecule has 0 saturated carbocycles. The number of ether oxygens (including phenoxy) is 1. The Balaban J connectivity index is 0.000000156. The number of hydrogen-bond donors (Lipinski definition) is 0. The van der Waals surface area contributed by atoms with Crippen LogP contribution >= 0.6 is 0 Å². The van der Waals surface area contributed by atoms with Crippen molar-refractivity contribution in [3.8, 4) is 34.0 Å². The third-order valence-corrected chi connectivity index (χ3v) is 11.1. The maximum absolute atomic E-state index is 13.0. The number of nitrogens with zero attached hydrogens (tertiary/aromatic N) is 4. The third kappa shape index (κ3) is 6.18. The molecule has 0 unspecified atom stereocenters. The van der Waals surface area contributed by atoms with Crippen molar-refractivity contribution in [1.82, 2.24) is 18.3 Å². The molecule has 0 atom stereocenters. The second-order valence-electron chi connectivity index (χ2n) is 14.9. The predicted molar refractivity (Wildman–Crippen MR) is 236 cm³/mol. The second-order valence-corrected chi connectivity index (χ2v) is 14.9. The summed E-state index contributed by atoms with van der Waals surface area (Å²) in [7, 11) is 2.74. The van der Waals surface area contributed by atoms with E-state index in [1.54, 1.807) is 36.4 Å². The summed E-state index contributed by atoms with van der Waals surface area (Å²) in [5.74, 6) is 1.23. The molecule has 6 aromatic carbocycles. The van der Waals surface area contributed by atoms with Gasteiger partial charge in [-0.25, -0.2) is 9.13 Å². The molecule has 4 aromatic heterocycles. The van der Waals surface area contributed by atoms with Crippen molar-refractivity contribution in [2.45, 2.75) is 13.8 Å². The lowest BCUT2D eigenvalue weighted by Crippen LogP contribution is -2.23. The molecule has 13 nitrogen and oxygen atoms in total. The zero-order valence-electron chi connectivity index (χ0n) is 33.0. The van der Waals surface area contributed by atoms with E-state index in [1.807, 2.05) is 74.5 Å². The maximum Gasteiger partial charge on any atom is 0.266 e. The Labute approximate surface area is 342 Å². The van der Waals surface area contributed by atoms with Crippen LogP contribution in [0.25, 0.3) is 65.6 Å². The van der Waals surface area contributed by atoms with Crippen LogP contribution in [0.3, 0.4) is 0 Å². The van der Waals surface area contributed by atoms with Gasteiger partial charge in [0.25, 0.3) is 44.5 Å². The molecular formula is C48H32N4O9. The number of fused-ring (bicyclic) bond motifs is 4. The fourth-order valence-corrected chi connectivity index (χ4v) is 7.61. The summed E-state index contributed by atoms with van der Waals surface area (Å²) in [5.41, 5.74) is 1.09. The first-order chi connectivity index (χ1) is 29.2. The van der Waals surface area contributed by atoms with E-state index in [0.717, 1.165) is 40.5 Å². The van der Waals surface area contributed by atoms with Gasteiger partial charge >= 0.3 is 0 Å². The Morgan fingerprint density at radius 3 is 0.902 bits per heavy atom. The number of aromatic nitrogens is 4. The Morgan fingerprint density at radius 2 is 0.574 bits per heavy atom. The minimum Gasteiger partial charge on any atom is -0.457 e. The quantitative estimate of drug-likeness (QED) is 0.234. The number of aryl methyl sites for hydroxylation is 2. The average molecular weight is 809 g/mol. The largest absolute Gasteiger partial charge is 0.457 e. The zero-order valence-corrected chi connectivity index (χ0v) is 33.0. The summed E-state index contributed by atoms with van der Waals surface area (Å²) in [6.45, 7) is 4.00. The van der Waals surface area contributed by atoms with Gasteiger partial charge < -0.3 is 4.74 Å². The smallest absolute Gasteiger partial charge is 0.266 e. The van der Waals surface area contributed by atoms with Crippen molar-refractivity contribution in [2.75, 3.05) is 0 Å². The van der Waals surface area contributed by atoms with Crippen molar-refractivity contribution in [2.24, 2.45) is 14.1 Å². The number of rotatable bonds is 5. The zero-order chi connectivity index (χ0) is 43.0. The normalized spacial score (nSPS) is 11.5. The highest BCUT2D eigenvalue weighted by atomic mass is 16.5. The molecule has 10 aromatic rings. The molecule has 4 heterocycles. The van der Waals surface area contributed by atoms with Gasteiger partial charge in [0.15, 0.2) is 0 Å². The molecule has 13 heteroatoms. The van der Waals surface area contributed by atoms with E-state index in [-0.39, 0.29) is 43.1 Å². The van der Waals surface area contributed by atoms with Crippen LogP contribution in [0.2, 0.25) is 0 Å². The first-order valence-electron chi connectivity index (χ1n) is 19.0. The lowest BCUT2D eigenvalue weighted by atomic mass is 10.0. The second kappa shape index (κ2) is 14.2. The molecule has 0 spiro atoms. The summed E-state index contributed by atoms with van der Waals surface area (Å²) in [6.07, 6.45) is 0. The van der Waals surface area contributed by atoms with Crippen molar-refractivity contribution in [3.63, 3.8) is 0 Å². The molecule has 10 rings (SSSR count). The van der Waals surface area contributed by atoms with E-state index in [2.05, 4.69) is 0 Å². The summed E-state index contributed by atoms with van der Waals surface area (Å²) in [6, 6.07) is 34.7. The van der Waals surface area contributed by atoms with E-state index < -0.39 is 44.5 Å². The first-order valence-corrected chi connectivity index (χ1v) is 19.0. The molecule has 0 N–H and O–H groups in total. The van der Waals surface area contributed by atoms with Crippen LogP contribution in [0.15, 0.2) is 160 Å². The van der Waals surface area contributed by atoms with E-state index in [9.17, 15) is 38.4 Å². The summed E-state index contributed by atoms with van der Waals surface area (Å²) in [5, 5.41) is 1.07. The lowest BCUT2D eigenvalue weighted by Gasteiger charge is -2.07. The van der Waals surface area contributed by atoms with Gasteiger partial charge in [-0.05, 0) is 97.8 Å². The van der Waals surface area contributed by atoms with Crippen molar-refractivity contribution < 1.29 is 4.74 Å². The van der Waals surface area contributed by atoms with E-state index in [1.165, 1.54) is 38.4 Å². The molecule has 0 saturated heterocycles. The van der Waals surface area contributed by atoms with E-state index in [0.29, 0.717) is 22.9 Å². The van der Waals surface area contributed by atoms with E-state index >= 15 is 0 Å². The van der Waals surface area contributed by atoms with Gasteiger partial charge in [-0.2, -0.15) is 0 Å². The number of hydrogen-bond acceptors (Lipinski definition) is 9. The van der Waals surface area contributed by atoms with Crippen LogP contribution in [0, 0.1) is 13.8 Å². The van der Waals surface area contributed by atoms with Crippen LogP contribution in [-0.2, 0) is 14.1 Å². The van der Waals surface area contributed by atoms with Crippen LogP contribution in [0.1, 0.15) is 11.1 Å². The first kappa shape index (κ1) is 38.2. The van der Waals surface area contributed by atoms with Crippen molar-refractivity contribution in [1.29, 1.82) is 0 Å². The minimum absolute atomic E-state index is 0.111. The molecule has 0 amide bonds. The molecule has 0 aliphatic carbocycles. The molecule has 0 aliphatic heterocycles. The Hall–Kier alpha value is -8.32. The predicted octanol–water partition coefficient (Wildman–Crippen LogP) is 4.95. The van der Waals surface area contributed by atoms with Gasteiger partial charge in [0, 0.05) is 14.1 Å². The maximum atomic E-state index is 13.0. The SMILES string of the molecule is Cc1ccc(-c2ccc(-n3c(=O)c4cc5c(=O)n(C)c(=O)c5cc4c3=O)cc2)cc1.Cc1ccc(Oc2ccc(-n3c(=O)c4cc5c(=O)n(C)c(=O)c5cc4c3=O)cc2)cc1. The van der Waals surface area contributed by atoms with Gasteiger partial charge in [0.05, 0.1) is 54.5 Å². The van der Waals surface area contributed by atoms with Gasteiger partial charge in [-0.1, -0.05) is 59.7 Å². The van der Waals surface area contributed by atoms with Gasteiger partial charge in [-0.15, -0.1) is 0 Å². The van der Waals surface area contributed by atoms with Crippen LogP contribution < -0.4 is 49.2 Å². The summed E-state index contributed by atoms with van der Waals surface area (Å²) in [4.78, 5) is 101. The molecule has 0 aliphatic rings. The Morgan fingerprint density at radius 1 is 0.328 bits per heavy atom. The highest BCUT2D eigenvalue weighted by Crippen LogP contribution is 2.24. The van der Waals surface area contributed by atoms with Crippen LogP contribution in [-0.4, -0.2) is 18.3 Å². The van der Waals surface area contributed by atoms with E-state index in [4.69, 9.17) is 4.74 Å². The summed E-state index contributed by atoms with van der Waals surface area (Å²) >= 11 is 0. The average Bonchev–Trinajstić information content (AvgIpc) is 3.83. The van der Waals surface area contributed by atoms with Gasteiger partial charge in [-0.3, -0.25) is 47.5 Å². The standard InChI is InChI=1S/C24H16N2O5.C24H16N2O4/c1-13-3-7-15(8-4-13)31-16-9-5-14(6-10-16)26-23(29)19-11-17-18(12-20(19)24(26)30)22(28)25(2)21(17)27;1-13-3-5-14(6-4-13)15-7-9-16(10-8-15)26-23(29)19-11-17-18(12-20(19)24(26)30)22(28)25(2)21(17)27/h3-12H,1-2H3;3-12H,1-2H3. The highest BCUT2D eigenvalue weighted by molar-refractivity contribution is 5.99.